The van der Waals surface area contributed by atoms with Crippen LogP contribution in [-0.4, -0.2) is 31.2 Å². The largest absolute Gasteiger partial charge is 0.364 e. The molecule has 4 heteroatoms. The van der Waals surface area contributed by atoms with Crippen LogP contribution in [-0.2, 0) is 15.9 Å². The van der Waals surface area contributed by atoms with Crippen molar-refractivity contribution < 1.29 is 9.47 Å². The number of benzene rings is 1. The number of rotatable bonds is 6. The number of methoxy groups -OCH3 is 2. The maximum atomic E-state index is 5.36. The van der Waals surface area contributed by atoms with E-state index in [0.29, 0.717) is 0 Å². The van der Waals surface area contributed by atoms with E-state index in [1.807, 2.05) is 6.20 Å². The van der Waals surface area contributed by atoms with Gasteiger partial charge in [0.05, 0.1) is 5.70 Å². The van der Waals surface area contributed by atoms with Gasteiger partial charge in [-0.2, -0.15) is 0 Å². The van der Waals surface area contributed by atoms with Crippen LogP contribution in [0, 0.1) is 12.3 Å². The van der Waals surface area contributed by atoms with Crippen LogP contribution in [0.3, 0.4) is 0 Å². The van der Waals surface area contributed by atoms with Crippen molar-refractivity contribution in [3.05, 3.63) is 59.6 Å². The van der Waals surface area contributed by atoms with Gasteiger partial charge in [0, 0.05) is 49.2 Å². The zero-order valence-corrected chi connectivity index (χ0v) is 15.6. The van der Waals surface area contributed by atoms with E-state index in [9.17, 15) is 0 Å². The zero-order valence-electron chi connectivity index (χ0n) is 15.6. The predicted molar refractivity (Wildman–Crippen MR) is 102 cm³/mol. The summed E-state index contributed by atoms with van der Waals surface area (Å²) in [6.45, 7) is 6.46. The van der Waals surface area contributed by atoms with Gasteiger partial charge in [0.25, 0.3) is 0 Å². The molecule has 0 unspecified atom stereocenters. The molecule has 1 aromatic heterocycles. The fourth-order valence-electron chi connectivity index (χ4n) is 3.23. The van der Waals surface area contributed by atoms with Crippen LogP contribution >= 0.6 is 0 Å². The van der Waals surface area contributed by atoms with Crippen LogP contribution < -0.4 is 0 Å². The second kappa shape index (κ2) is 6.98. The Bertz CT molecular complexity index is 794. The molecule has 2 heterocycles. The molecule has 1 aliphatic rings. The third-order valence-corrected chi connectivity index (χ3v) is 4.73. The first kappa shape index (κ1) is 17.6. The summed E-state index contributed by atoms with van der Waals surface area (Å²) in [5.41, 5.74) is 6.71. The van der Waals surface area contributed by atoms with Gasteiger partial charge >= 0.3 is 0 Å². The van der Waals surface area contributed by atoms with Crippen LogP contribution in [0.5, 0.6) is 0 Å². The molecule has 0 radical (unpaired) electrons. The highest BCUT2D eigenvalue weighted by Gasteiger charge is 2.32. The fraction of sp³-hybridized carbons (Fsp3) is 0.381. The Labute approximate surface area is 149 Å². The highest BCUT2D eigenvalue weighted by atomic mass is 16.7. The van der Waals surface area contributed by atoms with Crippen molar-refractivity contribution in [2.75, 3.05) is 14.2 Å². The first-order valence-electron chi connectivity index (χ1n) is 8.54. The molecular formula is C21H26N2O2. The lowest BCUT2D eigenvalue weighted by molar-refractivity contribution is -0.0754. The molecule has 0 spiro atoms. The first-order chi connectivity index (χ1) is 11.9. The Balaban J connectivity index is 1.87. The number of aromatic nitrogens is 1. The second-order valence-electron chi connectivity index (χ2n) is 7.07. The molecule has 1 aromatic carbocycles. The van der Waals surface area contributed by atoms with E-state index in [1.165, 1.54) is 22.4 Å². The minimum atomic E-state index is -0.419. The zero-order chi connectivity index (χ0) is 18.0. The van der Waals surface area contributed by atoms with Gasteiger partial charge in [-0.05, 0) is 24.6 Å². The average molecular weight is 338 g/mol. The Hall–Kier alpha value is -2.17. The second-order valence-corrected chi connectivity index (χ2v) is 7.07. The Morgan fingerprint density at radius 2 is 1.76 bits per heavy atom. The van der Waals surface area contributed by atoms with E-state index in [4.69, 9.17) is 14.5 Å². The van der Waals surface area contributed by atoms with Crippen molar-refractivity contribution in [2.45, 2.75) is 33.5 Å². The summed E-state index contributed by atoms with van der Waals surface area (Å²) in [4.78, 5) is 8.20. The number of aliphatic imine (C=N–C) groups is 1. The summed E-state index contributed by atoms with van der Waals surface area (Å²) in [6.07, 6.45) is 4.48. The van der Waals surface area contributed by atoms with E-state index in [2.05, 4.69) is 62.2 Å². The van der Waals surface area contributed by atoms with Crippen molar-refractivity contribution in [3.63, 3.8) is 0 Å². The lowest BCUT2D eigenvalue weighted by atomic mass is 9.85. The summed E-state index contributed by atoms with van der Waals surface area (Å²) >= 11 is 0. The summed E-state index contributed by atoms with van der Waals surface area (Å²) in [5, 5.41) is 0. The molecule has 4 nitrogen and oxygen atoms in total. The first-order valence-corrected chi connectivity index (χ1v) is 8.54. The smallest absolute Gasteiger partial charge is 0.200 e. The molecule has 1 N–H and O–H groups in total. The number of nitrogens with one attached hydrogen (secondary N) is 1. The van der Waals surface area contributed by atoms with E-state index >= 15 is 0 Å². The number of allylic oxidation sites excluding steroid dienone is 1. The van der Waals surface area contributed by atoms with Gasteiger partial charge in [-0.25, -0.2) is 0 Å². The fourth-order valence-corrected chi connectivity index (χ4v) is 3.23. The van der Waals surface area contributed by atoms with Crippen LogP contribution in [0.1, 0.15) is 25.1 Å². The molecular weight excluding hydrogens is 312 g/mol. The van der Waals surface area contributed by atoms with Crippen molar-refractivity contribution in [1.29, 1.82) is 0 Å². The van der Waals surface area contributed by atoms with Gasteiger partial charge < -0.3 is 14.5 Å². The number of aromatic amines is 1. The third kappa shape index (κ3) is 3.60. The SMILES string of the molecule is COC(OC)C1=CC(C)(C)C(Cc2[nH]ccc2-c2ccc(C)cc2)=N1. The molecule has 0 aliphatic carbocycles. The van der Waals surface area contributed by atoms with E-state index in [0.717, 1.165) is 17.8 Å². The molecule has 2 aromatic rings. The van der Waals surface area contributed by atoms with Crippen LogP contribution in [0.15, 0.2) is 53.3 Å². The topological polar surface area (TPSA) is 46.6 Å². The van der Waals surface area contributed by atoms with Crippen molar-refractivity contribution in [1.82, 2.24) is 4.98 Å². The summed E-state index contributed by atoms with van der Waals surface area (Å²) in [6, 6.07) is 10.7. The lowest BCUT2D eigenvalue weighted by Gasteiger charge is -2.18. The monoisotopic (exact) mass is 338 g/mol. The quantitative estimate of drug-likeness (QED) is 0.787. The summed E-state index contributed by atoms with van der Waals surface area (Å²) in [7, 11) is 3.27. The maximum absolute atomic E-state index is 5.36. The molecule has 25 heavy (non-hydrogen) atoms. The Morgan fingerprint density at radius 1 is 1.08 bits per heavy atom. The lowest BCUT2D eigenvalue weighted by Crippen LogP contribution is -2.21. The average Bonchev–Trinajstić information content (AvgIpc) is 3.15. The Kier molecular flexibility index (Phi) is 4.93. The number of H-pyrrole nitrogens is 1. The van der Waals surface area contributed by atoms with Gasteiger partial charge in [0.1, 0.15) is 0 Å². The Morgan fingerprint density at radius 3 is 2.40 bits per heavy atom. The van der Waals surface area contributed by atoms with E-state index in [1.54, 1.807) is 14.2 Å². The highest BCUT2D eigenvalue weighted by molar-refractivity contribution is 5.96. The van der Waals surface area contributed by atoms with Crippen molar-refractivity contribution >= 4 is 5.71 Å². The highest BCUT2D eigenvalue weighted by Crippen LogP contribution is 2.34. The number of aryl methyl sites for hydroxylation is 1. The molecule has 132 valence electrons. The van der Waals surface area contributed by atoms with E-state index < -0.39 is 6.29 Å². The molecule has 0 atom stereocenters. The van der Waals surface area contributed by atoms with Crippen molar-refractivity contribution in [2.24, 2.45) is 10.4 Å². The normalized spacial score (nSPS) is 16.2. The minimum Gasteiger partial charge on any atom is -0.364 e. The maximum Gasteiger partial charge on any atom is 0.200 e. The van der Waals surface area contributed by atoms with Crippen LogP contribution in [0.2, 0.25) is 0 Å². The number of nitrogens with zero attached hydrogens (tertiary/aromatic N) is 1. The third-order valence-electron chi connectivity index (χ3n) is 4.73. The van der Waals surface area contributed by atoms with Crippen LogP contribution in [0.25, 0.3) is 11.1 Å². The number of hydrogen-bond acceptors (Lipinski definition) is 3. The van der Waals surface area contributed by atoms with Gasteiger partial charge in [0.2, 0.25) is 0 Å². The van der Waals surface area contributed by atoms with Gasteiger partial charge in [0.15, 0.2) is 6.29 Å². The van der Waals surface area contributed by atoms with Crippen molar-refractivity contribution in [3.8, 4) is 11.1 Å². The van der Waals surface area contributed by atoms with E-state index in [-0.39, 0.29) is 5.41 Å². The van der Waals surface area contributed by atoms with Gasteiger partial charge in [-0.1, -0.05) is 43.7 Å². The number of ether oxygens (including phenoxy) is 2. The standard InChI is InChI=1S/C21H26N2O2/c1-14-6-8-15(9-7-14)16-10-11-22-17(16)12-19-21(2,3)13-18(23-19)20(24-4)25-5/h6-11,13,20,22H,12H2,1-5H3. The molecule has 0 saturated carbocycles. The molecule has 3 rings (SSSR count). The van der Waals surface area contributed by atoms with Gasteiger partial charge in [-0.3, -0.25) is 4.99 Å². The van der Waals surface area contributed by atoms with Crippen LogP contribution in [0.4, 0.5) is 0 Å². The molecule has 0 amide bonds. The summed E-state index contributed by atoms with van der Waals surface area (Å²) < 4.78 is 10.7. The predicted octanol–water partition coefficient (Wildman–Crippen LogP) is 4.52. The minimum absolute atomic E-state index is 0.125. The summed E-state index contributed by atoms with van der Waals surface area (Å²) in [5.74, 6) is 0. The molecule has 0 fully saturated rings. The molecule has 1 aliphatic heterocycles. The molecule has 0 saturated heterocycles. The van der Waals surface area contributed by atoms with Gasteiger partial charge in [-0.15, -0.1) is 0 Å². The molecule has 0 bridgehead atoms. The number of hydrogen-bond donors (Lipinski definition) is 1.